The minimum absolute atomic E-state index is 0.368. The van der Waals surface area contributed by atoms with Crippen LogP contribution >= 0.6 is 0 Å². The number of hydrogen-bond donors (Lipinski definition) is 2. The van der Waals surface area contributed by atoms with E-state index in [1.165, 1.54) is 4.90 Å². The van der Waals surface area contributed by atoms with Crippen molar-refractivity contribution >= 4 is 28.9 Å². The highest BCUT2D eigenvalue weighted by molar-refractivity contribution is 5.79. The van der Waals surface area contributed by atoms with E-state index in [1.54, 1.807) is 18.0 Å². The molecular weight excluding hydrogens is 434 g/mol. The molecule has 5 rings (SSSR count). The topological polar surface area (TPSA) is 110 Å². The Morgan fingerprint density at radius 2 is 2.06 bits per heavy atom. The van der Waals surface area contributed by atoms with Crippen molar-refractivity contribution < 1.29 is 14.6 Å². The summed E-state index contributed by atoms with van der Waals surface area (Å²) >= 11 is 0. The second-order valence-electron chi connectivity index (χ2n) is 8.28. The molecule has 0 atom stereocenters. The van der Waals surface area contributed by atoms with Gasteiger partial charge in [-0.1, -0.05) is 6.08 Å². The molecule has 0 saturated carbocycles. The van der Waals surface area contributed by atoms with Crippen LogP contribution in [-0.4, -0.2) is 60.4 Å². The van der Waals surface area contributed by atoms with E-state index in [2.05, 4.69) is 21.5 Å². The van der Waals surface area contributed by atoms with Crippen LogP contribution in [0.5, 0.6) is 5.75 Å². The number of carboxylic acid groups (broad SMARTS) is 1. The maximum absolute atomic E-state index is 11.2. The number of aryl methyl sites for hydroxylation is 2. The molecule has 0 unspecified atom stereocenters. The molecule has 3 aromatic heterocycles. The highest BCUT2D eigenvalue weighted by Gasteiger charge is 2.20. The summed E-state index contributed by atoms with van der Waals surface area (Å²) in [6.45, 7) is 4.78. The highest BCUT2D eigenvalue weighted by Crippen LogP contribution is 2.30. The van der Waals surface area contributed by atoms with E-state index in [0.29, 0.717) is 31.2 Å². The summed E-state index contributed by atoms with van der Waals surface area (Å²) in [5, 5.41) is 17.1. The summed E-state index contributed by atoms with van der Waals surface area (Å²) in [6, 6.07) is 7.86. The molecule has 10 nitrogen and oxygen atoms in total. The first-order valence-electron chi connectivity index (χ1n) is 10.9. The van der Waals surface area contributed by atoms with Gasteiger partial charge in [-0.15, -0.1) is 5.10 Å². The number of rotatable bonds is 5. The van der Waals surface area contributed by atoms with Gasteiger partial charge in [-0.2, -0.15) is 4.98 Å². The normalized spacial score (nSPS) is 13.7. The third kappa shape index (κ3) is 4.05. The van der Waals surface area contributed by atoms with Gasteiger partial charge in [0.25, 0.3) is 0 Å². The average Bonchev–Trinajstić information content (AvgIpc) is 3.44. The van der Waals surface area contributed by atoms with Crippen LogP contribution in [0, 0.1) is 13.8 Å². The third-order valence-corrected chi connectivity index (χ3v) is 5.82. The molecule has 2 N–H and O–H groups in total. The molecule has 34 heavy (non-hydrogen) atoms. The number of fused-ring (bicyclic) bond motifs is 1. The molecule has 1 aliphatic rings. The largest absolute Gasteiger partial charge is 0.494 e. The molecular formula is C24H25N7O3. The number of nitrogens with zero attached hydrogens (tertiary/aromatic N) is 6. The lowest BCUT2D eigenvalue weighted by Gasteiger charge is -2.24. The molecule has 4 aromatic rings. The van der Waals surface area contributed by atoms with E-state index in [1.807, 2.05) is 55.1 Å². The summed E-state index contributed by atoms with van der Waals surface area (Å²) in [7, 11) is 1.63. The zero-order valence-corrected chi connectivity index (χ0v) is 19.2. The van der Waals surface area contributed by atoms with Gasteiger partial charge in [0.1, 0.15) is 5.75 Å². The lowest BCUT2D eigenvalue weighted by molar-refractivity contribution is 0.150. The second kappa shape index (κ2) is 8.54. The van der Waals surface area contributed by atoms with Crippen LogP contribution in [0.3, 0.4) is 0 Å². The van der Waals surface area contributed by atoms with Crippen LogP contribution in [0.4, 0.5) is 16.4 Å². The van der Waals surface area contributed by atoms with Gasteiger partial charge in [-0.25, -0.2) is 14.3 Å². The zero-order valence-electron chi connectivity index (χ0n) is 19.2. The number of hydrogen-bond acceptors (Lipinski definition) is 6. The molecule has 0 aliphatic carbocycles. The van der Waals surface area contributed by atoms with Crippen molar-refractivity contribution in [3.05, 3.63) is 65.9 Å². The van der Waals surface area contributed by atoms with Crippen LogP contribution in [0.2, 0.25) is 0 Å². The van der Waals surface area contributed by atoms with Gasteiger partial charge in [-0.05, 0) is 49.6 Å². The Bertz CT molecular complexity index is 1420. The number of ether oxygens (including phenoxy) is 1. The summed E-state index contributed by atoms with van der Waals surface area (Å²) in [6.07, 6.45) is 7.30. The van der Waals surface area contributed by atoms with Gasteiger partial charge in [0.15, 0.2) is 5.65 Å². The van der Waals surface area contributed by atoms with Gasteiger partial charge < -0.3 is 24.6 Å². The summed E-state index contributed by atoms with van der Waals surface area (Å²) in [5.41, 5.74) is 6.41. The van der Waals surface area contributed by atoms with Crippen LogP contribution in [0.15, 0.2) is 49.1 Å². The van der Waals surface area contributed by atoms with Gasteiger partial charge in [0, 0.05) is 42.8 Å². The SMILES string of the molecule is COc1cc(Nc2nc3c(C4=CCN(C(=O)O)CC4)cc(C)cn3n2)ccc1-n1cnc(C)c1. The van der Waals surface area contributed by atoms with E-state index in [0.717, 1.165) is 39.4 Å². The summed E-state index contributed by atoms with van der Waals surface area (Å²) in [4.78, 5) is 21.7. The average molecular weight is 460 g/mol. The molecule has 1 amide bonds. The number of nitrogens with one attached hydrogen (secondary N) is 1. The number of imidazole rings is 1. The monoisotopic (exact) mass is 459 g/mol. The van der Waals surface area contributed by atoms with Crippen molar-refractivity contribution in [3.63, 3.8) is 0 Å². The Hall–Kier alpha value is -4.34. The van der Waals surface area contributed by atoms with Crippen LogP contribution in [0.25, 0.3) is 16.9 Å². The van der Waals surface area contributed by atoms with Gasteiger partial charge in [0.05, 0.1) is 24.8 Å². The number of methoxy groups -OCH3 is 1. The number of benzene rings is 1. The number of carbonyl (C=O) groups is 1. The molecule has 0 fully saturated rings. The second-order valence-corrected chi connectivity index (χ2v) is 8.28. The quantitative estimate of drug-likeness (QED) is 0.463. The van der Waals surface area contributed by atoms with Crippen LogP contribution in [0.1, 0.15) is 23.2 Å². The Labute approximate surface area is 196 Å². The lowest BCUT2D eigenvalue weighted by atomic mass is 9.99. The van der Waals surface area contributed by atoms with Crippen molar-refractivity contribution in [1.82, 2.24) is 29.0 Å². The molecule has 1 aromatic carbocycles. The molecule has 0 bridgehead atoms. The first kappa shape index (κ1) is 21.5. The van der Waals surface area contributed by atoms with E-state index in [-0.39, 0.29) is 0 Å². The van der Waals surface area contributed by atoms with Crippen molar-refractivity contribution in [3.8, 4) is 11.4 Å². The molecule has 0 saturated heterocycles. The predicted octanol–water partition coefficient (Wildman–Crippen LogP) is 4.05. The smallest absolute Gasteiger partial charge is 0.407 e. The highest BCUT2D eigenvalue weighted by atomic mass is 16.5. The van der Waals surface area contributed by atoms with E-state index < -0.39 is 6.09 Å². The molecule has 0 spiro atoms. The predicted molar refractivity (Wildman–Crippen MR) is 128 cm³/mol. The summed E-state index contributed by atoms with van der Waals surface area (Å²) < 4.78 is 9.28. The van der Waals surface area contributed by atoms with Crippen molar-refractivity contribution in [2.24, 2.45) is 0 Å². The van der Waals surface area contributed by atoms with Crippen molar-refractivity contribution in [1.29, 1.82) is 0 Å². The third-order valence-electron chi connectivity index (χ3n) is 5.82. The molecule has 10 heteroatoms. The zero-order chi connectivity index (χ0) is 23.8. The van der Waals surface area contributed by atoms with Gasteiger partial charge >= 0.3 is 6.09 Å². The van der Waals surface area contributed by atoms with Gasteiger partial charge in [-0.3, -0.25) is 0 Å². The maximum Gasteiger partial charge on any atom is 0.407 e. The Morgan fingerprint density at radius 1 is 1.21 bits per heavy atom. The van der Waals surface area contributed by atoms with E-state index in [4.69, 9.17) is 9.72 Å². The minimum atomic E-state index is -0.900. The van der Waals surface area contributed by atoms with E-state index in [9.17, 15) is 9.90 Å². The fourth-order valence-corrected chi connectivity index (χ4v) is 4.15. The van der Waals surface area contributed by atoms with Crippen LogP contribution in [-0.2, 0) is 0 Å². The van der Waals surface area contributed by atoms with Gasteiger partial charge in [0.2, 0.25) is 5.95 Å². The number of amides is 1. The van der Waals surface area contributed by atoms with Crippen molar-refractivity contribution in [2.45, 2.75) is 20.3 Å². The Balaban J connectivity index is 1.45. The number of pyridine rings is 1. The first-order valence-corrected chi connectivity index (χ1v) is 10.9. The summed E-state index contributed by atoms with van der Waals surface area (Å²) in [5.74, 6) is 1.15. The minimum Gasteiger partial charge on any atom is -0.494 e. The number of aromatic nitrogens is 5. The molecule has 1 aliphatic heterocycles. The molecule has 4 heterocycles. The van der Waals surface area contributed by atoms with Crippen LogP contribution < -0.4 is 10.1 Å². The fourth-order valence-electron chi connectivity index (χ4n) is 4.15. The van der Waals surface area contributed by atoms with Crippen molar-refractivity contribution in [2.75, 3.05) is 25.5 Å². The standard InChI is InChI=1S/C24H25N7O3/c1-15-10-19(17-6-8-29(9-7-17)24(32)33)22-27-23(28-31(22)12-15)26-18-4-5-20(21(11-18)34-3)30-13-16(2)25-14-30/h4-6,10-14H,7-9H2,1-3H3,(H,26,28)(H,32,33). The first-order chi connectivity index (χ1) is 16.4. The lowest BCUT2D eigenvalue weighted by Crippen LogP contribution is -2.33. The Kier molecular flexibility index (Phi) is 5.40. The number of anilines is 2. The molecule has 0 radical (unpaired) electrons. The Morgan fingerprint density at radius 3 is 2.74 bits per heavy atom. The fraction of sp³-hybridized carbons (Fsp3) is 0.250. The maximum atomic E-state index is 11.2. The van der Waals surface area contributed by atoms with E-state index >= 15 is 0 Å². The molecule has 174 valence electrons.